The molecule has 0 spiro atoms. The minimum Gasteiger partial charge on any atom is -0.457 e. The quantitative estimate of drug-likeness (QED) is 0.101. The highest BCUT2D eigenvalue weighted by atomic mass is 16.6. The molecular weight excluding hydrogens is 466 g/mol. The van der Waals surface area contributed by atoms with Crippen molar-refractivity contribution in [1.29, 1.82) is 0 Å². The topological polar surface area (TPSA) is 95.7 Å². The van der Waals surface area contributed by atoms with E-state index in [2.05, 4.69) is 18.2 Å². The summed E-state index contributed by atoms with van der Waals surface area (Å²) in [5.74, 6) is -1.50. The predicted molar refractivity (Wildman–Crippen MR) is 151 cm³/mol. The van der Waals surface area contributed by atoms with E-state index in [-0.39, 0.29) is 5.97 Å². The molecule has 0 unspecified atom stereocenters. The van der Waals surface area contributed by atoms with Crippen LogP contribution in [0.3, 0.4) is 0 Å². The zero-order valence-corrected chi connectivity index (χ0v) is 23.2. The van der Waals surface area contributed by atoms with Gasteiger partial charge in [-0.15, -0.1) is 0 Å². The van der Waals surface area contributed by atoms with Crippen molar-refractivity contribution in [3.63, 3.8) is 0 Å². The summed E-state index contributed by atoms with van der Waals surface area (Å²) in [6.07, 6.45) is 22.0. The number of cyclic esters (lactones) is 2. The third kappa shape index (κ3) is 23.4. The van der Waals surface area contributed by atoms with Crippen LogP contribution in [0.5, 0.6) is 0 Å². The minimum absolute atomic E-state index is 0.312. The van der Waals surface area contributed by atoms with Crippen molar-refractivity contribution in [3.8, 4) is 0 Å². The SMILES string of the molecule is C=C(C)C(=O)OCc1ccccc1.CCCCCCCCCCCCCCCCN.O=C1C=CC(=O)O1. The molecule has 37 heavy (non-hydrogen) atoms. The molecule has 6 nitrogen and oxygen atoms in total. The summed E-state index contributed by atoms with van der Waals surface area (Å²) in [5, 5.41) is 0. The molecule has 208 valence electrons. The maximum Gasteiger partial charge on any atom is 0.338 e. The second-order valence-electron chi connectivity index (χ2n) is 9.30. The summed E-state index contributed by atoms with van der Waals surface area (Å²) in [7, 11) is 0. The number of hydrogen-bond donors (Lipinski definition) is 1. The van der Waals surface area contributed by atoms with Crippen LogP contribution < -0.4 is 5.73 Å². The molecule has 0 amide bonds. The minimum atomic E-state index is -0.579. The molecule has 2 rings (SSSR count). The molecule has 0 radical (unpaired) electrons. The molecule has 0 aromatic heterocycles. The van der Waals surface area contributed by atoms with Gasteiger partial charge in [0, 0.05) is 17.7 Å². The number of esters is 3. The van der Waals surface area contributed by atoms with Crippen LogP contribution in [-0.2, 0) is 30.5 Å². The van der Waals surface area contributed by atoms with Crippen LogP contribution in [0.15, 0.2) is 54.6 Å². The summed E-state index contributed by atoms with van der Waals surface area (Å²) in [5.41, 5.74) is 6.88. The second-order valence-corrected chi connectivity index (χ2v) is 9.30. The lowest BCUT2D eigenvalue weighted by Gasteiger charge is -2.03. The van der Waals surface area contributed by atoms with Crippen LogP contribution in [0.2, 0.25) is 0 Å². The zero-order valence-electron chi connectivity index (χ0n) is 23.2. The van der Waals surface area contributed by atoms with Crippen molar-refractivity contribution in [3.05, 3.63) is 60.2 Å². The molecule has 1 aromatic carbocycles. The lowest BCUT2D eigenvalue weighted by Crippen LogP contribution is -2.04. The molecule has 0 aliphatic carbocycles. The first-order valence-corrected chi connectivity index (χ1v) is 13.9. The third-order valence-corrected chi connectivity index (χ3v) is 5.68. The van der Waals surface area contributed by atoms with Crippen LogP contribution >= 0.6 is 0 Å². The van der Waals surface area contributed by atoms with E-state index in [1.807, 2.05) is 30.3 Å². The highest BCUT2D eigenvalue weighted by molar-refractivity contribution is 6.04. The molecule has 1 aliphatic rings. The van der Waals surface area contributed by atoms with Gasteiger partial charge in [0.25, 0.3) is 0 Å². The number of benzene rings is 1. The van der Waals surface area contributed by atoms with Crippen LogP contribution in [0.25, 0.3) is 0 Å². The fraction of sp³-hybridized carbons (Fsp3) is 0.581. The van der Waals surface area contributed by atoms with E-state index >= 15 is 0 Å². The van der Waals surface area contributed by atoms with Crippen molar-refractivity contribution in [1.82, 2.24) is 0 Å². The average Bonchev–Trinajstić information content (AvgIpc) is 3.29. The van der Waals surface area contributed by atoms with Gasteiger partial charge in [-0.25, -0.2) is 14.4 Å². The van der Waals surface area contributed by atoms with Gasteiger partial charge < -0.3 is 15.2 Å². The number of unbranched alkanes of at least 4 members (excludes halogenated alkanes) is 13. The van der Waals surface area contributed by atoms with Crippen molar-refractivity contribution in [2.24, 2.45) is 5.73 Å². The zero-order chi connectivity index (χ0) is 27.6. The molecule has 0 fully saturated rings. The van der Waals surface area contributed by atoms with Gasteiger partial charge in [0.1, 0.15) is 6.61 Å². The smallest absolute Gasteiger partial charge is 0.338 e. The molecule has 2 N–H and O–H groups in total. The lowest BCUT2D eigenvalue weighted by atomic mass is 10.0. The molecule has 6 heteroatoms. The number of carbonyl (C=O) groups excluding carboxylic acids is 3. The van der Waals surface area contributed by atoms with Crippen molar-refractivity contribution in [2.45, 2.75) is 110 Å². The Balaban J connectivity index is 0.000000567. The molecule has 1 heterocycles. The molecular formula is C31H49NO5. The first-order chi connectivity index (χ1) is 17.9. The van der Waals surface area contributed by atoms with Crippen LogP contribution in [0, 0.1) is 0 Å². The van der Waals surface area contributed by atoms with Crippen molar-refractivity contribution < 1.29 is 23.9 Å². The Morgan fingerprint density at radius 3 is 1.57 bits per heavy atom. The van der Waals surface area contributed by atoms with Gasteiger partial charge >= 0.3 is 17.9 Å². The maximum absolute atomic E-state index is 11.0. The van der Waals surface area contributed by atoms with E-state index < -0.39 is 11.9 Å². The van der Waals surface area contributed by atoms with Gasteiger partial charge in [0.05, 0.1) is 0 Å². The van der Waals surface area contributed by atoms with Gasteiger partial charge in [0.15, 0.2) is 0 Å². The Hall–Kier alpha value is -2.73. The van der Waals surface area contributed by atoms with E-state index in [0.29, 0.717) is 12.2 Å². The summed E-state index contributed by atoms with van der Waals surface area (Å²) in [4.78, 5) is 30.8. The summed E-state index contributed by atoms with van der Waals surface area (Å²) < 4.78 is 8.92. The highest BCUT2D eigenvalue weighted by Gasteiger charge is 2.10. The molecule has 0 saturated carbocycles. The Morgan fingerprint density at radius 2 is 1.22 bits per heavy atom. The van der Waals surface area contributed by atoms with E-state index in [1.165, 1.54) is 89.9 Å². The van der Waals surface area contributed by atoms with E-state index in [1.54, 1.807) is 6.92 Å². The normalized spacial score (nSPS) is 11.6. The van der Waals surface area contributed by atoms with Crippen molar-refractivity contribution in [2.75, 3.05) is 6.54 Å². The summed E-state index contributed by atoms with van der Waals surface area (Å²) in [6, 6.07) is 9.55. The lowest BCUT2D eigenvalue weighted by molar-refractivity contribution is -0.150. The standard InChI is InChI=1S/C16H35N.C11H12O2.C4H2O3/c1-2-3-4-5-6-7-8-9-10-11-12-13-14-15-16-17;1-9(2)11(12)13-8-10-6-4-3-5-7-10;5-3-1-2-4(6)7-3/h2-17H2,1H3;3-7H,1,8H2,2H3;1-2H. The first kappa shape index (κ1) is 34.3. The number of carbonyl (C=O) groups is 3. The molecule has 0 saturated heterocycles. The van der Waals surface area contributed by atoms with E-state index in [0.717, 1.165) is 24.3 Å². The second kappa shape index (κ2) is 24.9. The number of hydrogen-bond acceptors (Lipinski definition) is 6. The van der Waals surface area contributed by atoms with Crippen LogP contribution in [0.1, 0.15) is 109 Å². The van der Waals surface area contributed by atoms with Crippen LogP contribution in [-0.4, -0.2) is 24.5 Å². The summed E-state index contributed by atoms with van der Waals surface area (Å²) >= 11 is 0. The molecule has 0 atom stereocenters. The maximum atomic E-state index is 11.0. The predicted octanol–water partition coefficient (Wildman–Crippen LogP) is 7.36. The average molecular weight is 516 g/mol. The highest BCUT2D eigenvalue weighted by Crippen LogP contribution is 2.12. The number of rotatable bonds is 17. The summed E-state index contributed by atoms with van der Waals surface area (Å²) in [6.45, 7) is 8.60. The monoisotopic (exact) mass is 515 g/mol. The molecule has 1 aliphatic heterocycles. The van der Waals surface area contributed by atoms with Gasteiger partial charge in [-0.05, 0) is 25.5 Å². The fourth-order valence-corrected chi connectivity index (χ4v) is 3.49. The van der Waals surface area contributed by atoms with Crippen molar-refractivity contribution >= 4 is 17.9 Å². The third-order valence-electron chi connectivity index (χ3n) is 5.68. The number of nitrogens with two attached hydrogens (primary N) is 1. The fourth-order valence-electron chi connectivity index (χ4n) is 3.49. The Labute approximate surface area is 224 Å². The molecule has 0 bridgehead atoms. The Kier molecular flexibility index (Phi) is 23.1. The van der Waals surface area contributed by atoms with Gasteiger partial charge in [0.2, 0.25) is 0 Å². The van der Waals surface area contributed by atoms with E-state index in [9.17, 15) is 14.4 Å². The number of ether oxygens (including phenoxy) is 2. The van der Waals surface area contributed by atoms with Gasteiger partial charge in [-0.1, -0.05) is 127 Å². The molecule has 1 aromatic rings. The largest absolute Gasteiger partial charge is 0.457 e. The van der Waals surface area contributed by atoms with Gasteiger partial charge in [-0.2, -0.15) is 0 Å². The van der Waals surface area contributed by atoms with E-state index in [4.69, 9.17) is 10.5 Å². The first-order valence-electron chi connectivity index (χ1n) is 13.9. The van der Waals surface area contributed by atoms with Crippen LogP contribution in [0.4, 0.5) is 0 Å². The Morgan fingerprint density at radius 1 is 0.784 bits per heavy atom. The van der Waals surface area contributed by atoms with Gasteiger partial charge in [-0.3, -0.25) is 0 Å². The Bertz CT molecular complexity index is 743.